The minimum absolute atomic E-state index is 0.189. The first-order chi connectivity index (χ1) is 12.9. The highest BCUT2D eigenvalue weighted by Gasteiger charge is 2.31. The highest BCUT2D eigenvalue weighted by molar-refractivity contribution is 6.05. The Morgan fingerprint density at radius 3 is 2.48 bits per heavy atom. The van der Waals surface area contributed by atoms with Gasteiger partial charge in [0, 0.05) is 30.0 Å². The lowest BCUT2D eigenvalue weighted by Crippen LogP contribution is -2.34. The second-order valence-corrected chi connectivity index (χ2v) is 6.55. The molecule has 1 heterocycles. The Hall–Kier alpha value is -3.35. The number of amides is 3. The topological polar surface area (TPSA) is 98.7 Å². The minimum Gasteiger partial charge on any atom is -0.481 e. The van der Waals surface area contributed by atoms with Gasteiger partial charge in [-0.05, 0) is 43.2 Å². The van der Waals surface area contributed by atoms with Crippen molar-refractivity contribution in [3.8, 4) is 0 Å². The molecular formula is C20H21N3O4. The van der Waals surface area contributed by atoms with Gasteiger partial charge in [0.25, 0.3) is 5.91 Å². The van der Waals surface area contributed by atoms with Gasteiger partial charge in [0.15, 0.2) is 0 Å². The smallest absolute Gasteiger partial charge is 0.321 e. The van der Waals surface area contributed by atoms with E-state index < -0.39 is 11.9 Å². The van der Waals surface area contributed by atoms with Crippen molar-refractivity contribution in [3.63, 3.8) is 0 Å². The fourth-order valence-electron chi connectivity index (χ4n) is 2.96. The number of benzene rings is 2. The first-order valence-corrected chi connectivity index (χ1v) is 8.70. The average molecular weight is 367 g/mol. The molecule has 1 aliphatic heterocycles. The zero-order valence-corrected chi connectivity index (χ0v) is 14.9. The molecule has 0 aliphatic carbocycles. The Morgan fingerprint density at radius 2 is 1.81 bits per heavy atom. The third-order valence-corrected chi connectivity index (χ3v) is 4.60. The molecule has 0 bridgehead atoms. The molecule has 0 saturated carbocycles. The van der Waals surface area contributed by atoms with Crippen LogP contribution in [0, 0.1) is 12.8 Å². The van der Waals surface area contributed by atoms with Gasteiger partial charge in [0.2, 0.25) is 0 Å². The van der Waals surface area contributed by atoms with Crippen LogP contribution in [0.3, 0.4) is 0 Å². The number of urea groups is 1. The fourth-order valence-corrected chi connectivity index (χ4v) is 2.96. The zero-order valence-electron chi connectivity index (χ0n) is 14.9. The maximum atomic E-state index is 12.4. The number of aryl methyl sites for hydroxylation is 1. The second-order valence-electron chi connectivity index (χ2n) is 6.55. The molecule has 3 rings (SSSR count). The molecular weight excluding hydrogens is 346 g/mol. The number of hydrogen-bond acceptors (Lipinski definition) is 3. The Morgan fingerprint density at radius 1 is 1.07 bits per heavy atom. The van der Waals surface area contributed by atoms with Crippen molar-refractivity contribution < 1.29 is 19.5 Å². The molecule has 1 fully saturated rings. The summed E-state index contributed by atoms with van der Waals surface area (Å²) in [6.45, 7) is 2.42. The molecule has 2 aromatic carbocycles. The molecule has 7 heteroatoms. The van der Waals surface area contributed by atoms with E-state index in [2.05, 4.69) is 10.6 Å². The van der Waals surface area contributed by atoms with E-state index in [4.69, 9.17) is 5.11 Å². The van der Waals surface area contributed by atoms with Gasteiger partial charge in [-0.2, -0.15) is 0 Å². The van der Waals surface area contributed by atoms with Gasteiger partial charge in [0.1, 0.15) is 0 Å². The number of carbonyl (C=O) groups excluding carboxylic acids is 2. The summed E-state index contributed by atoms with van der Waals surface area (Å²) in [5.74, 6) is -1.69. The quantitative estimate of drug-likeness (QED) is 0.773. The number of carboxylic acids is 1. The molecule has 1 aliphatic rings. The predicted octanol–water partition coefficient (Wildman–Crippen LogP) is 3.19. The van der Waals surface area contributed by atoms with Crippen LogP contribution in [0.4, 0.5) is 16.2 Å². The Balaban J connectivity index is 1.69. The average Bonchev–Trinajstić information content (AvgIpc) is 3.15. The van der Waals surface area contributed by atoms with E-state index in [0.29, 0.717) is 29.9 Å². The van der Waals surface area contributed by atoms with Crippen LogP contribution in [0.1, 0.15) is 22.3 Å². The summed E-state index contributed by atoms with van der Waals surface area (Å²) in [6.07, 6.45) is 0.446. The van der Waals surface area contributed by atoms with E-state index in [-0.39, 0.29) is 18.5 Å². The molecule has 7 nitrogen and oxygen atoms in total. The van der Waals surface area contributed by atoms with Crippen molar-refractivity contribution >= 4 is 29.3 Å². The molecule has 0 radical (unpaired) electrons. The van der Waals surface area contributed by atoms with Crippen molar-refractivity contribution in [1.29, 1.82) is 0 Å². The number of hydrogen-bond donors (Lipinski definition) is 3. The normalized spacial score (nSPS) is 16.0. The Labute approximate surface area is 157 Å². The van der Waals surface area contributed by atoms with Gasteiger partial charge in [-0.1, -0.05) is 24.3 Å². The number of likely N-dealkylation sites (tertiary alicyclic amines) is 1. The van der Waals surface area contributed by atoms with Gasteiger partial charge in [-0.3, -0.25) is 9.59 Å². The van der Waals surface area contributed by atoms with Crippen LogP contribution >= 0.6 is 0 Å². The summed E-state index contributed by atoms with van der Waals surface area (Å²) in [6, 6.07) is 13.8. The Bertz CT molecular complexity index is 867. The van der Waals surface area contributed by atoms with E-state index in [1.165, 1.54) is 4.90 Å². The largest absolute Gasteiger partial charge is 0.481 e. The standard InChI is InChI=1S/C20H21N3O4/c1-13-7-8-14(18(24)21-16-5-3-2-4-6-16)11-17(13)22-20(27)23-10-9-15(12-23)19(25)26/h2-8,11,15H,9-10,12H2,1H3,(H,21,24)(H,22,27)(H,25,26). The van der Waals surface area contributed by atoms with Gasteiger partial charge >= 0.3 is 12.0 Å². The van der Waals surface area contributed by atoms with Crippen LogP contribution in [0.5, 0.6) is 0 Å². The fraction of sp³-hybridized carbons (Fsp3) is 0.250. The second kappa shape index (κ2) is 7.90. The summed E-state index contributed by atoms with van der Waals surface area (Å²) in [5.41, 5.74) is 2.45. The molecule has 27 heavy (non-hydrogen) atoms. The lowest BCUT2D eigenvalue weighted by molar-refractivity contribution is -0.141. The number of carbonyl (C=O) groups is 3. The molecule has 3 N–H and O–H groups in total. The summed E-state index contributed by atoms with van der Waals surface area (Å²) in [5, 5.41) is 14.7. The molecule has 1 unspecified atom stereocenters. The maximum absolute atomic E-state index is 12.4. The summed E-state index contributed by atoms with van der Waals surface area (Å²) in [7, 11) is 0. The number of aliphatic carboxylic acids is 1. The Kier molecular flexibility index (Phi) is 5.40. The van der Waals surface area contributed by atoms with Crippen molar-refractivity contribution in [3.05, 3.63) is 59.7 Å². The number of nitrogens with one attached hydrogen (secondary N) is 2. The van der Waals surface area contributed by atoms with E-state index >= 15 is 0 Å². The van der Waals surface area contributed by atoms with E-state index in [1.54, 1.807) is 30.3 Å². The lowest BCUT2D eigenvalue weighted by Gasteiger charge is -2.18. The summed E-state index contributed by atoms with van der Waals surface area (Å²) in [4.78, 5) is 37.4. The van der Waals surface area contributed by atoms with Crippen LogP contribution in [0.2, 0.25) is 0 Å². The lowest BCUT2D eigenvalue weighted by atomic mass is 10.1. The number of carboxylic acid groups (broad SMARTS) is 1. The molecule has 2 aromatic rings. The van der Waals surface area contributed by atoms with E-state index in [9.17, 15) is 14.4 Å². The highest BCUT2D eigenvalue weighted by Crippen LogP contribution is 2.21. The van der Waals surface area contributed by atoms with Gasteiger partial charge < -0.3 is 20.6 Å². The molecule has 140 valence electrons. The van der Waals surface area contributed by atoms with Gasteiger partial charge in [-0.15, -0.1) is 0 Å². The molecule has 0 spiro atoms. The van der Waals surface area contributed by atoms with Crippen LogP contribution in [0.15, 0.2) is 48.5 Å². The van der Waals surface area contributed by atoms with Crippen molar-refractivity contribution in [1.82, 2.24) is 4.90 Å². The first kappa shape index (κ1) is 18.4. The number of nitrogens with zero attached hydrogens (tertiary/aromatic N) is 1. The third kappa shape index (κ3) is 4.44. The third-order valence-electron chi connectivity index (χ3n) is 4.60. The summed E-state index contributed by atoms with van der Waals surface area (Å²) < 4.78 is 0. The van der Waals surface area contributed by atoms with Crippen LogP contribution in [0.25, 0.3) is 0 Å². The summed E-state index contributed by atoms with van der Waals surface area (Å²) >= 11 is 0. The SMILES string of the molecule is Cc1ccc(C(=O)Nc2ccccc2)cc1NC(=O)N1CCC(C(=O)O)C1. The number of rotatable bonds is 4. The minimum atomic E-state index is -0.888. The number of anilines is 2. The van der Waals surface area contributed by atoms with Crippen LogP contribution < -0.4 is 10.6 Å². The van der Waals surface area contributed by atoms with E-state index in [0.717, 1.165) is 5.56 Å². The van der Waals surface area contributed by atoms with Crippen LogP contribution in [-0.4, -0.2) is 41.0 Å². The van der Waals surface area contributed by atoms with Crippen molar-refractivity contribution in [2.45, 2.75) is 13.3 Å². The highest BCUT2D eigenvalue weighted by atomic mass is 16.4. The van der Waals surface area contributed by atoms with E-state index in [1.807, 2.05) is 25.1 Å². The maximum Gasteiger partial charge on any atom is 0.321 e. The monoisotopic (exact) mass is 367 g/mol. The zero-order chi connectivity index (χ0) is 19.4. The van der Waals surface area contributed by atoms with Crippen LogP contribution in [-0.2, 0) is 4.79 Å². The predicted molar refractivity (Wildman–Crippen MR) is 102 cm³/mol. The van der Waals surface area contributed by atoms with Crippen molar-refractivity contribution in [2.24, 2.45) is 5.92 Å². The molecule has 0 aromatic heterocycles. The van der Waals surface area contributed by atoms with Crippen molar-refractivity contribution in [2.75, 3.05) is 23.7 Å². The molecule has 1 saturated heterocycles. The van der Waals surface area contributed by atoms with Gasteiger partial charge in [0.05, 0.1) is 5.92 Å². The number of para-hydroxylation sites is 1. The molecule has 1 atom stereocenters. The van der Waals surface area contributed by atoms with Gasteiger partial charge in [-0.25, -0.2) is 4.79 Å². The first-order valence-electron chi connectivity index (χ1n) is 8.70. The molecule has 3 amide bonds.